The summed E-state index contributed by atoms with van der Waals surface area (Å²) in [5.74, 6) is -2.27. The van der Waals surface area contributed by atoms with Crippen LogP contribution in [0.3, 0.4) is 0 Å². The number of hydrogen-bond donors (Lipinski definition) is 4. The number of anilines is 1. The maximum atomic E-state index is 12.1. The zero-order valence-corrected chi connectivity index (χ0v) is 12.1. The van der Waals surface area contributed by atoms with E-state index in [0.29, 0.717) is 4.47 Å². The number of phenolic OH excluding ortho intramolecular Hbond substituents is 2. The first kappa shape index (κ1) is 14.9. The van der Waals surface area contributed by atoms with Gasteiger partial charge in [0.05, 0.1) is 16.8 Å². The van der Waals surface area contributed by atoms with Crippen molar-refractivity contribution >= 4 is 33.5 Å². The van der Waals surface area contributed by atoms with E-state index >= 15 is 0 Å². The van der Waals surface area contributed by atoms with Crippen LogP contribution >= 0.6 is 15.9 Å². The standard InChI is InChI=1S/C14H10BrNO5/c15-10-3-1-7(14(20)21)5-11(10)16-13(19)9-6-8(17)2-4-12(9)18/h1-6,17-18H,(H,16,19)(H,20,21). The molecule has 0 heterocycles. The third-order valence-corrected chi connectivity index (χ3v) is 3.38. The summed E-state index contributed by atoms with van der Waals surface area (Å²) in [6, 6.07) is 7.69. The van der Waals surface area contributed by atoms with Gasteiger partial charge < -0.3 is 20.6 Å². The van der Waals surface area contributed by atoms with Gasteiger partial charge >= 0.3 is 5.97 Å². The Morgan fingerprint density at radius 1 is 1.05 bits per heavy atom. The number of carboxylic acids is 1. The first-order valence-electron chi connectivity index (χ1n) is 5.74. The second kappa shape index (κ2) is 5.84. The van der Waals surface area contributed by atoms with Gasteiger partial charge in [-0.25, -0.2) is 4.79 Å². The molecule has 2 aromatic rings. The zero-order valence-electron chi connectivity index (χ0n) is 10.5. The second-order valence-electron chi connectivity index (χ2n) is 4.16. The molecule has 21 heavy (non-hydrogen) atoms. The Hall–Kier alpha value is -2.54. The second-order valence-corrected chi connectivity index (χ2v) is 5.01. The van der Waals surface area contributed by atoms with Crippen molar-refractivity contribution in [1.29, 1.82) is 0 Å². The van der Waals surface area contributed by atoms with Crippen LogP contribution in [0.5, 0.6) is 11.5 Å². The molecule has 0 atom stereocenters. The summed E-state index contributed by atoms with van der Waals surface area (Å²) in [6.45, 7) is 0. The molecule has 0 radical (unpaired) electrons. The largest absolute Gasteiger partial charge is 0.508 e. The minimum absolute atomic E-state index is 0.00799. The van der Waals surface area contributed by atoms with Crippen molar-refractivity contribution in [2.24, 2.45) is 0 Å². The lowest BCUT2D eigenvalue weighted by atomic mass is 10.1. The van der Waals surface area contributed by atoms with Crippen LogP contribution in [0.4, 0.5) is 5.69 Å². The molecule has 4 N–H and O–H groups in total. The molecular formula is C14H10BrNO5. The number of hydrogen-bond acceptors (Lipinski definition) is 4. The summed E-state index contributed by atoms with van der Waals surface area (Å²) >= 11 is 3.19. The predicted octanol–water partition coefficient (Wildman–Crippen LogP) is 2.81. The van der Waals surface area contributed by atoms with Gasteiger partial charge in [-0.05, 0) is 52.3 Å². The van der Waals surface area contributed by atoms with E-state index in [-0.39, 0.29) is 28.3 Å². The molecular weight excluding hydrogens is 342 g/mol. The van der Waals surface area contributed by atoms with Gasteiger partial charge in [0.25, 0.3) is 5.91 Å². The average molecular weight is 352 g/mol. The van der Waals surface area contributed by atoms with Crippen molar-refractivity contribution in [1.82, 2.24) is 0 Å². The number of aromatic hydroxyl groups is 2. The summed E-state index contributed by atoms with van der Waals surface area (Å²) < 4.78 is 0.487. The molecule has 0 spiro atoms. The molecule has 1 amide bonds. The van der Waals surface area contributed by atoms with E-state index in [2.05, 4.69) is 21.2 Å². The quantitative estimate of drug-likeness (QED) is 0.636. The van der Waals surface area contributed by atoms with E-state index in [1.807, 2.05) is 0 Å². The van der Waals surface area contributed by atoms with Crippen LogP contribution in [0.15, 0.2) is 40.9 Å². The Morgan fingerprint density at radius 2 is 1.76 bits per heavy atom. The maximum Gasteiger partial charge on any atom is 0.335 e. The molecule has 2 aromatic carbocycles. The molecule has 0 aliphatic heterocycles. The van der Waals surface area contributed by atoms with E-state index < -0.39 is 11.9 Å². The molecule has 0 aliphatic carbocycles. The highest BCUT2D eigenvalue weighted by atomic mass is 79.9. The highest BCUT2D eigenvalue weighted by Gasteiger charge is 2.15. The van der Waals surface area contributed by atoms with Crippen molar-refractivity contribution in [2.45, 2.75) is 0 Å². The monoisotopic (exact) mass is 351 g/mol. The van der Waals surface area contributed by atoms with Crippen molar-refractivity contribution in [2.75, 3.05) is 5.32 Å². The number of nitrogens with one attached hydrogen (secondary N) is 1. The van der Waals surface area contributed by atoms with Crippen LogP contribution < -0.4 is 5.32 Å². The van der Waals surface area contributed by atoms with Gasteiger partial charge in [-0.3, -0.25) is 4.79 Å². The smallest absolute Gasteiger partial charge is 0.335 e. The van der Waals surface area contributed by atoms with Gasteiger partial charge in [0, 0.05) is 4.47 Å². The van der Waals surface area contributed by atoms with Gasteiger partial charge in [0.1, 0.15) is 11.5 Å². The van der Waals surface area contributed by atoms with Gasteiger partial charge in [-0.1, -0.05) is 0 Å². The third kappa shape index (κ3) is 3.32. The van der Waals surface area contributed by atoms with Crippen molar-refractivity contribution in [3.8, 4) is 11.5 Å². The zero-order chi connectivity index (χ0) is 15.6. The number of amides is 1. The summed E-state index contributed by atoms with van der Waals surface area (Å²) in [7, 11) is 0. The van der Waals surface area contributed by atoms with Crippen LogP contribution in [-0.2, 0) is 0 Å². The van der Waals surface area contributed by atoms with Gasteiger partial charge in [0.15, 0.2) is 0 Å². The molecule has 0 saturated heterocycles. The fraction of sp³-hybridized carbons (Fsp3) is 0. The van der Waals surface area contributed by atoms with Crippen LogP contribution in [0, 0.1) is 0 Å². The number of carbonyl (C=O) groups excluding carboxylic acids is 1. The molecule has 6 nitrogen and oxygen atoms in total. The molecule has 0 fully saturated rings. The summed E-state index contributed by atoms with van der Waals surface area (Å²) in [6.07, 6.45) is 0. The maximum absolute atomic E-state index is 12.1. The van der Waals surface area contributed by atoms with Gasteiger partial charge in [-0.2, -0.15) is 0 Å². The Morgan fingerprint density at radius 3 is 2.43 bits per heavy atom. The first-order chi connectivity index (χ1) is 9.88. The summed E-state index contributed by atoms with van der Waals surface area (Å²) in [5, 5.41) is 30.4. The Kier molecular flexibility index (Phi) is 4.13. The van der Waals surface area contributed by atoms with Crippen molar-refractivity contribution in [3.05, 3.63) is 52.0 Å². The lowest BCUT2D eigenvalue weighted by molar-refractivity contribution is 0.0696. The third-order valence-electron chi connectivity index (χ3n) is 2.69. The molecule has 2 rings (SSSR count). The molecule has 0 saturated carbocycles. The fourth-order valence-corrected chi connectivity index (χ4v) is 2.00. The molecule has 0 aliphatic rings. The van der Waals surface area contributed by atoms with Gasteiger partial charge in [0.2, 0.25) is 0 Å². The van der Waals surface area contributed by atoms with Crippen molar-refractivity contribution in [3.63, 3.8) is 0 Å². The molecule has 0 unspecified atom stereocenters. The highest BCUT2D eigenvalue weighted by molar-refractivity contribution is 9.10. The fourth-order valence-electron chi connectivity index (χ4n) is 1.65. The van der Waals surface area contributed by atoms with E-state index in [4.69, 9.17) is 5.11 Å². The first-order valence-corrected chi connectivity index (χ1v) is 6.54. The number of rotatable bonds is 3. The summed E-state index contributed by atoms with van der Waals surface area (Å²) in [4.78, 5) is 23.0. The number of carbonyl (C=O) groups is 2. The highest BCUT2D eigenvalue weighted by Crippen LogP contribution is 2.27. The van der Waals surface area contributed by atoms with E-state index in [1.54, 1.807) is 0 Å². The van der Waals surface area contributed by atoms with E-state index in [0.717, 1.165) is 6.07 Å². The number of carboxylic acid groups (broad SMARTS) is 1. The molecule has 108 valence electrons. The summed E-state index contributed by atoms with van der Waals surface area (Å²) in [5.41, 5.74) is 0.124. The number of phenols is 2. The van der Waals surface area contributed by atoms with Gasteiger partial charge in [-0.15, -0.1) is 0 Å². The number of aromatic carboxylic acids is 1. The minimum Gasteiger partial charge on any atom is -0.508 e. The Bertz CT molecular complexity index is 729. The Balaban J connectivity index is 2.33. The molecule has 0 bridgehead atoms. The van der Waals surface area contributed by atoms with Crippen LogP contribution in [-0.4, -0.2) is 27.2 Å². The number of benzene rings is 2. The molecule has 0 aromatic heterocycles. The van der Waals surface area contributed by atoms with E-state index in [1.165, 1.54) is 30.3 Å². The lowest BCUT2D eigenvalue weighted by Gasteiger charge is -2.09. The lowest BCUT2D eigenvalue weighted by Crippen LogP contribution is -2.13. The van der Waals surface area contributed by atoms with Crippen LogP contribution in [0.2, 0.25) is 0 Å². The van der Waals surface area contributed by atoms with E-state index in [9.17, 15) is 19.8 Å². The average Bonchev–Trinajstić information content (AvgIpc) is 2.43. The number of halogens is 1. The Labute approximate surface area is 127 Å². The molecule has 7 heteroatoms. The SMILES string of the molecule is O=C(O)c1ccc(Br)c(NC(=O)c2cc(O)ccc2O)c1. The minimum atomic E-state index is -1.13. The topological polar surface area (TPSA) is 107 Å². The van der Waals surface area contributed by atoms with Crippen LogP contribution in [0.25, 0.3) is 0 Å². The predicted molar refractivity (Wildman–Crippen MR) is 78.8 cm³/mol. The normalized spacial score (nSPS) is 10.1. The van der Waals surface area contributed by atoms with Crippen LogP contribution in [0.1, 0.15) is 20.7 Å². The van der Waals surface area contributed by atoms with Crippen molar-refractivity contribution < 1.29 is 24.9 Å².